The molecule has 1 aliphatic heterocycles. The minimum absolute atomic E-state index is 0.0589. The predicted molar refractivity (Wildman–Crippen MR) is 103 cm³/mol. The molecule has 1 fully saturated rings. The monoisotopic (exact) mass is 359 g/mol. The Balaban J connectivity index is 1.60. The number of amides is 1. The highest BCUT2D eigenvalue weighted by Crippen LogP contribution is 2.43. The first-order valence-electron chi connectivity index (χ1n) is 8.01. The molecule has 2 aromatic rings. The molecule has 0 radical (unpaired) electrons. The lowest BCUT2D eigenvalue weighted by Crippen LogP contribution is -2.23. The Kier molecular flexibility index (Phi) is 6.10. The van der Waals surface area contributed by atoms with Crippen LogP contribution in [0.3, 0.4) is 0 Å². The molecule has 1 amide bonds. The number of carbonyl (C=O) groups excluding carboxylic acids is 1. The van der Waals surface area contributed by atoms with Gasteiger partial charge in [-0.25, -0.2) is 0 Å². The molecule has 0 spiro atoms. The summed E-state index contributed by atoms with van der Waals surface area (Å²) < 4.78 is 5.81. The van der Waals surface area contributed by atoms with Crippen molar-refractivity contribution >= 4 is 29.4 Å². The summed E-state index contributed by atoms with van der Waals surface area (Å²) in [4.78, 5) is 12.3. The molecule has 1 N–H and O–H groups in total. The van der Waals surface area contributed by atoms with Crippen LogP contribution < -0.4 is 10.1 Å². The van der Waals surface area contributed by atoms with E-state index in [4.69, 9.17) is 4.74 Å². The summed E-state index contributed by atoms with van der Waals surface area (Å²) in [6.07, 6.45) is 1.29. The maximum atomic E-state index is 12.3. The van der Waals surface area contributed by atoms with Crippen LogP contribution in [0, 0.1) is 0 Å². The minimum Gasteiger partial charge on any atom is -0.496 e. The molecule has 1 saturated heterocycles. The van der Waals surface area contributed by atoms with Crippen molar-refractivity contribution in [3.63, 3.8) is 0 Å². The minimum atomic E-state index is -0.0589. The summed E-state index contributed by atoms with van der Waals surface area (Å²) >= 11 is 3.98. The number of nitrogens with one attached hydrogen (secondary N) is 1. The lowest BCUT2D eigenvalue weighted by Gasteiger charge is -2.21. The first-order valence-corrected chi connectivity index (χ1v) is 10.1. The second-order valence-corrected chi connectivity index (χ2v) is 8.27. The zero-order chi connectivity index (χ0) is 16.8. The second-order valence-electron chi connectivity index (χ2n) is 5.54. The first-order chi connectivity index (χ1) is 11.8. The number of ether oxygens (including phenoxy) is 1. The Morgan fingerprint density at radius 2 is 1.83 bits per heavy atom. The van der Waals surface area contributed by atoms with E-state index in [-0.39, 0.29) is 5.91 Å². The Bertz CT molecular complexity index is 682. The zero-order valence-corrected chi connectivity index (χ0v) is 15.3. The highest BCUT2D eigenvalue weighted by Gasteiger charge is 2.17. The van der Waals surface area contributed by atoms with Crippen LogP contribution in [0.1, 0.15) is 32.5 Å². The number of hydrogen-bond acceptors (Lipinski definition) is 4. The Morgan fingerprint density at radius 1 is 1.12 bits per heavy atom. The molecule has 126 valence electrons. The Morgan fingerprint density at radius 3 is 2.54 bits per heavy atom. The summed E-state index contributed by atoms with van der Waals surface area (Å²) in [7, 11) is 1.64. The highest BCUT2D eigenvalue weighted by atomic mass is 32.2. The molecule has 1 heterocycles. The molecule has 1 aliphatic rings. The Labute approximate surface area is 151 Å². The van der Waals surface area contributed by atoms with E-state index in [0.29, 0.717) is 16.7 Å². The molecule has 0 atom stereocenters. The lowest BCUT2D eigenvalue weighted by atomic mass is 10.1. The van der Waals surface area contributed by atoms with Gasteiger partial charge >= 0.3 is 0 Å². The molecule has 3 rings (SSSR count). The van der Waals surface area contributed by atoms with Crippen molar-refractivity contribution in [3.8, 4) is 5.75 Å². The predicted octanol–water partition coefficient (Wildman–Crippen LogP) is 4.49. The van der Waals surface area contributed by atoms with Gasteiger partial charge in [-0.1, -0.05) is 30.3 Å². The zero-order valence-electron chi connectivity index (χ0n) is 13.7. The summed E-state index contributed by atoms with van der Waals surface area (Å²) in [5.41, 5.74) is 2.96. The van der Waals surface area contributed by atoms with Crippen molar-refractivity contribution in [2.45, 2.75) is 17.5 Å². The number of hydrogen-bond donors (Lipinski definition) is 1. The number of benzene rings is 2. The van der Waals surface area contributed by atoms with Gasteiger partial charge in [-0.15, -0.1) is 23.5 Å². The van der Waals surface area contributed by atoms with Crippen LogP contribution in [0.15, 0.2) is 48.5 Å². The van der Waals surface area contributed by atoms with Gasteiger partial charge in [0.15, 0.2) is 0 Å². The molecule has 0 aliphatic carbocycles. The third-order valence-corrected chi connectivity index (χ3v) is 6.92. The number of para-hydroxylation sites is 1. The van der Waals surface area contributed by atoms with Crippen molar-refractivity contribution in [3.05, 3.63) is 65.2 Å². The van der Waals surface area contributed by atoms with Crippen LogP contribution in [0.2, 0.25) is 0 Å². The summed E-state index contributed by atoms with van der Waals surface area (Å²) in [5, 5.41) is 2.96. The molecular weight excluding hydrogens is 338 g/mol. The van der Waals surface area contributed by atoms with Crippen molar-refractivity contribution in [2.24, 2.45) is 0 Å². The molecule has 0 saturated carbocycles. The highest BCUT2D eigenvalue weighted by molar-refractivity contribution is 8.16. The van der Waals surface area contributed by atoms with E-state index >= 15 is 0 Å². The molecular formula is C19H21NO2S2. The average Bonchev–Trinajstić information content (AvgIpc) is 2.67. The lowest BCUT2D eigenvalue weighted by molar-refractivity contribution is 0.0950. The van der Waals surface area contributed by atoms with E-state index < -0.39 is 0 Å². The number of rotatable bonds is 5. The fourth-order valence-electron chi connectivity index (χ4n) is 2.60. The molecule has 5 heteroatoms. The van der Waals surface area contributed by atoms with Crippen LogP contribution in [-0.2, 0) is 6.54 Å². The van der Waals surface area contributed by atoms with Crippen molar-refractivity contribution in [1.29, 1.82) is 0 Å². The fourth-order valence-corrected chi connectivity index (χ4v) is 5.49. The smallest absolute Gasteiger partial charge is 0.251 e. The third kappa shape index (κ3) is 4.28. The van der Waals surface area contributed by atoms with Crippen LogP contribution >= 0.6 is 23.5 Å². The van der Waals surface area contributed by atoms with Gasteiger partial charge in [0.25, 0.3) is 5.91 Å². The number of thioether (sulfide) groups is 2. The van der Waals surface area contributed by atoms with Gasteiger partial charge in [-0.3, -0.25) is 4.79 Å². The normalized spacial score (nSPS) is 15.0. The van der Waals surface area contributed by atoms with Crippen LogP contribution in [0.4, 0.5) is 0 Å². The van der Waals surface area contributed by atoms with Gasteiger partial charge in [0.2, 0.25) is 0 Å². The van der Waals surface area contributed by atoms with E-state index in [1.54, 1.807) is 7.11 Å². The van der Waals surface area contributed by atoms with E-state index in [1.807, 2.05) is 59.9 Å². The maximum absolute atomic E-state index is 12.3. The topological polar surface area (TPSA) is 38.3 Å². The van der Waals surface area contributed by atoms with Crippen molar-refractivity contribution in [2.75, 3.05) is 18.6 Å². The quantitative estimate of drug-likeness (QED) is 0.853. The van der Waals surface area contributed by atoms with Gasteiger partial charge in [0.05, 0.1) is 11.7 Å². The van der Waals surface area contributed by atoms with E-state index in [1.165, 1.54) is 23.5 Å². The first kappa shape index (κ1) is 17.2. The SMILES string of the molecule is COc1ccccc1CNC(=O)c1ccc(C2SCCCS2)cc1. The molecule has 3 nitrogen and oxygen atoms in total. The van der Waals surface area contributed by atoms with Crippen molar-refractivity contribution in [1.82, 2.24) is 5.32 Å². The van der Waals surface area contributed by atoms with E-state index in [0.717, 1.165) is 11.3 Å². The molecule has 0 aromatic heterocycles. The second kappa shape index (κ2) is 8.49. The largest absolute Gasteiger partial charge is 0.496 e. The fraction of sp³-hybridized carbons (Fsp3) is 0.316. The third-order valence-electron chi connectivity index (χ3n) is 3.90. The average molecular weight is 360 g/mol. The van der Waals surface area contributed by atoms with Crippen LogP contribution in [0.5, 0.6) is 5.75 Å². The van der Waals surface area contributed by atoms with Crippen LogP contribution in [-0.4, -0.2) is 24.5 Å². The van der Waals surface area contributed by atoms with Gasteiger partial charge in [-0.05, 0) is 41.7 Å². The maximum Gasteiger partial charge on any atom is 0.251 e. The van der Waals surface area contributed by atoms with E-state index in [9.17, 15) is 4.79 Å². The standard InChI is InChI=1S/C19H21NO2S2/c1-22-17-6-3-2-5-16(17)13-20-18(21)14-7-9-15(10-8-14)19-23-11-4-12-24-19/h2-3,5-10,19H,4,11-13H2,1H3,(H,20,21). The van der Waals surface area contributed by atoms with Gasteiger partial charge in [0, 0.05) is 17.7 Å². The van der Waals surface area contributed by atoms with Gasteiger partial charge < -0.3 is 10.1 Å². The van der Waals surface area contributed by atoms with Crippen molar-refractivity contribution < 1.29 is 9.53 Å². The summed E-state index contributed by atoms with van der Waals surface area (Å²) in [5.74, 6) is 3.17. The number of carbonyl (C=O) groups is 1. The molecule has 0 bridgehead atoms. The Hall–Kier alpha value is -1.59. The summed E-state index contributed by atoms with van der Waals surface area (Å²) in [6, 6.07) is 15.7. The summed E-state index contributed by atoms with van der Waals surface area (Å²) in [6.45, 7) is 0.457. The van der Waals surface area contributed by atoms with Gasteiger partial charge in [0.1, 0.15) is 5.75 Å². The number of methoxy groups -OCH3 is 1. The van der Waals surface area contributed by atoms with Gasteiger partial charge in [-0.2, -0.15) is 0 Å². The van der Waals surface area contributed by atoms with E-state index in [2.05, 4.69) is 17.4 Å². The molecule has 24 heavy (non-hydrogen) atoms. The molecule has 0 unspecified atom stereocenters. The molecule has 2 aromatic carbocycles. The van der Waals surface area contributed by atoms with Crippen LogP contribution in [0.25, 0.3) is 0 Å².